The number of nitrogens with one attached hydrogen (secondary N) is 1. The topological polar surface area (TPSA) is 29.9 Å². The number of nitrogens with zero attached hydrogens (tertiary/aromatic N) is 2. The van der Waals surface area contributed by atoms with Crippen LogP contribution < -0.4 is 5.32 Å². The van der Waals surface area contributed by atoms with Gasteiger partial charge >= 0.3 is 0 Å². The highest BCUT2D eigenvalue weighted by Crippen LogP contribution is 2.29. The fourth-order valence-electron chi connectivity index (χ4n) is 1.73. The van der Waals surface area contributed by atoms with Crippen molar-refractivity contribution in [3.8, 4) is 0 Å². The van der Waals surface area contributed by atoms with Gasteiger partial charge in [-0.1, -0.05) is 36.9 Å². The molecule has 2 rings (SSSR count). The monoisotopic (exact) mass is 261 g/mol. The maximum Gasteiger partial charge on any atom is 0.0629 e. The molecule has 0 aliphatic rings. The van der Waals surface area contributed by atoms with E-state index in [0.29, 0.717) is 0 Å². The third-order valence-corrected chi connectivity index (χ3v) is 3.69. The first-order valence-electron chi connectivity index (χ1n) is 6.24. The SMILES string of the molecule is CCCNCc1ccccc1Sc1cnn(C)c1. The fourth-order valence-corrected chi connectivity index (χ4v) is 2.70. The number of hydrogen-bond acceptors (Lipinski definition) is 3. The summed E-state index contributed by atoms with van der Waals surface area (Å²) in [6.45, 7) is 4.17. The van der Waals surface area contributed by atoms with Crippen LogP contribution in [0.3, 0.4) is 0 Å². The highest BCUT2D eigenvalue weighted by atomic mass is 32.2. The van der Waals surface area contributed by atoms with Gasteiger partial charge in [0.15, 0.2) is 0 Å². The summed E-state index contributed by atoms with van der Waals surface area (Å²) >= 11 is 1.77. The normalized spacial score (nSPS) is 10.8. The van der Waals surface area contributed by atoms with E-state index < -0.39 is 0 Å². The third-order valence-electron chi connectivity index (χ3n) is 2.62. The van der Waals surface area contributed by atoms with Gasteiger partial charge in [0.1, 0.15) is 0 Å². The van der Waals surface area contributed by atoms with Gasteiger partial charge in [-0.05, 0) is 24.6 Å². The Kier molecular flexibility index (Phi) is 4.84. The van der Waals surface area contributed by atoms with Crippen molar-refractivity contribution < 1.29 is 0 Å². The van der Waals surface area contributed by atoms with Crippen molar-refractivity contribution >= 4 is 11.8 Å². The fraction of sp³-hybridized carbons (Fsp3) is 0.357. The Morgan fingerprint density at radius 3 is 2.89 bits per heavy atom. The van der Waals surface area contributed by atoms with E-state index in [4.69, 9.17) is 0 Å². The highest BCUT2D eigenvalue weighted by Gasteiger charge is 2.04. The molecule has 0 unspecified atom stereocenters. The first-order valence-corrected chi connectivity index (χ1v) is 7.06. The summed E-state index contributed by atoms with van der Waals surface area (Å²) in [4.78, 5) is 2.48. The van der Waals surface area contributed by atoms with E-state index in [1.54, 1.807) is 11.8 Å². The molecule has 1 aromatic carbocycles. The van der Waals surface area contributed by atoms with Gasteiger partial charge in [-0.15, -0.1) is 0 Å². The van der Waals surface area contributed by atoms with Gasteiger partial charge in [0.25, 0.3) is 0 Å². The van der Waals surface area contributed by atoms with E-state index in [1.807, 2.05) is 24.1 Å². The molecular weight excluding hydrogens is 242 g/mol. The molecule has 18 heavy (non-hydrogen) atoms. The molecule has 0 amide bonds. The minimum Gasteiger partial charge on any atom is -0.313 e. The van der Waals surface area contributed by atoms with Crippen LogP contribution in [-0.2, 0) is 13.6 Å². The van der Waals surface area contributed by atoms with Crippen molar-refractivity contribution in [1.29, 1.82) is 0 Å². The van der Waals surface area contributed by atoms with Gasteiger partial charge in [-0.25, -0.2) is 0 Å². The van der Waals surface area contributed by atoms with Crippen LogP contribution in [0.5, 0.6) is 0 Å². The maximum absolute atomic E-state index is 4.20. The van der Waals surface area contributed by atoms with Gasteiger partial charge in [0.2, 0.25) is 0 Å². The van der Waals surface area contributed by atoms with Crippen molar-refractivity contribution in [2.45, 2.75) is 29.7 Å². The van der Waals surface area contributed by atoms with Crippen LogP contribution in [0.4, 0.5) is 0 Å². The van der Waals surface area contributed by atoms with Crippen molar-refractivity contribution in [1.82, 2.24) is 15.1 Å². The van der Waals surface area contributed by atoms with E-state index in [2.05, 4.69) is 41.6 Å². The van der Waals surface area contributed by atoms with Gasteiger partial charge in [-0.3, -0.25) is 4.68 Å². The second-order valence-electron chi connectivity index (χ2n) is 4.24. The lowest BCUT2D eigenvalue weighted by molar-refractivity contribution is 0.669. The first-order chi connectivity index (χ1) is 8.79. The van der Waals surface area contributed by atoms with Gasteiger partial charge in [0, 0.05) is 24.7 Å². The van der Waals surface area contributed by atoms with Crippen LogP contribution in [0.25, 0.3) is 0 Å². The molecule has 3 nitrogen and oxygen atoms in total. The summed E-state index contributed by atoms with van der Waals surface area (Å²) in [7, 11) is 1.94. The number of benzene rings is 1. The first kappa shape index (κ1) is 13.2. The quantitative estimate of drug-likeness (QED) is 0.810. The Labute approximate surface area is 113 Å². The second kappa shape index (κ2) is 6.61. The van der Waals surface area contributed by atoms with Crippen molar-refractivity contribution in [3.63, 3.8) is 0 Å². The summed E-state index contributed by atoms with van der Waals surface area (Å²) < 4.78 is 1.83. The van der Waals surface area contributed by atoms with E-state index >= 15 is 0 Å². The Hall–Kier alpha value is -1.26. The molecule has 0 aliphatic carbocycles. The van der Waals surface area contributed by atoms with Gasteiger partial charge < -0.3 is 5.32 Å². The number of aromatic nitrogens is 2. The number of rotatable bonds is 6. The highest BCUT2D eigenvalue weighted by molar-refractivity contribution is 7.99. The zero-order valence-corrected chi connectivity index (χ0v) is 11.7. The minimum atomic E-state index is 0.928. The zero-order valence-electron chi connectivity index (χ0n) is 10.9. The molecule has 1 aromatic heterocycles. The lowest BCUT2D eigenvalue weighted by atomic mass is 10.2. The minimum absolute atomic E-state index is 0.928. The largest absolute Gasteiger partial charge is 0.313 e. The van der Waals surface area contributed by atoms with Crippen molar-refractivity contribution in [2.24, 2.45) is 7.05 Å². The van der Waals surface area contributed by atoms with Crippen LogP contribution in [0, 0.1) is 0 Å². The zero-order chi connectivity index (χ0) is 12.8. The lowest BCUT2D eigenvalue weighted by Gasteiger charge is -2.08. The van der Waals surface area contributed by atoms with Crippen molar-refractivity contribution in [2.75, 3.05) is 6.54 Å². The van der Waals surface area contributed by atoms with Crippen LogP contribution in [0.1, 0.15) is 18.9 Å². The molecular formula is C14H19N3S. The molecule has 0 atom stereocenters. The second-order valence-corrected chi connectivity index (χ2v) is 5.35. The average Bonchev–Trinajstić information content (AvgIpc) is 2.77. The molecule has 1 heterocycles. The van der Waals surface area contributed by atoms with E-state index in [0.717, 1.165) is 19.5 Å². The van der Waals surface area contributed by atoms with Crippen LogP contribution in [-0.4, -0.2) is 16.3 Å². The predicted molar refractivity (Wildman–Crippen MR) is 75.8 cm³/mol. The molecule has 2 aromatic rings. The van der Waals surface area contributed by atoms with Crippen LogP contribution in [0.2, 0.25) is 0 Å². The summed E-state index contributed by atoms with van der Waals surface area (Å²) in [5.41, 5.74) is 1.35. The third kappa shape index (κ3) is 3.62. The number of hydrogen-bond donors (Lipinski definition) is 1. The molecule has 4 heteroatoms. The lowest BCUT2D eigenvalue weighted by Crippen LogP contribution is -2.14. The molecule has 0 spiro atoms. The summed E-state index contributed by atoms with van der Waals surface area (Å²) in [5.74, 6) is 0. The van der Waals surface area contributed by atoms with E-state index in [1.165, 1.54) is 15.4 Å². The summed E-state index contributed by atoms with van der Waals surface area (Å²) in [5, 5.41) is 7.65. The molecule has 96 valence electrons. The van der Waals surface area contributed by atoms with Gasteiger partial charge in [0.05, 0.1) is 11.1 Å². The Balaban J connectivity index is 2.07. The summed E-state index contributed by atoms with van der Waals surface area (Å²) in [6.07, 6.45) is 5.11. The molecule has 0 fully saturated rings. The van der Waals surface area contributed by atoms with Crippen molar-refractivity contribution in [3.05, 3.63) is 42.2 Å². The molecule has 0 bridgehead atoms. The smallest absolute Gasteiger partial charge is 0.0629 e. The predicted octanol–water partition coefficient (Wildman–Crippen LogP) is 3.07. The Bertz CT molecular complexity index is 493. The van der Waals surface area contributed by atoms with Crippen LogP contribution >= 0.6 is 11.8 Å². The molecule has 1 N–H and O–H groups in total. The molecule has 0 radical (unpaired) electrons. The number of aryl methyl sites for hydroxylation is 1. The maximum atomic E-state index is 4.20. The van der Waals surface area contributed by atoms with E-state index in [9.17, 15) is 0 Å². The molecule has 0 saturated heterocycles. The van der Waals surface area contributed by atoms with Crippen LogP contribution in [0.15, 0.2) is 46.5 Å². The van der Waals surface area contributed by atoms with Gasteiger partial charge in [-0.2, -0.15) is 5.10 Å². The Morgan fingerprint density at radius 1 is 1.33 bits per heavy atom. The Morgan fingerprint density at radius 2 is 2.17 bits per heavy atom. The average molecular weight is 261 g/mol. The van der Waals surface area contributed by atoms with E-state index in [-0.39, 0.29) is 0 Å². The molecule has 0 saturated carbocycles. The standard InChI is InChI=1S/C14H19N3S/c1-3-8-15-9-12-6-4-5-7-14(12)18-13-10-16-17(2)11-13/h4-7,10-11,15H,3,8-9H2,1-2H3. The molecule has 0 aliphatic heterocycles. The summed E-state index contributed by atoms with van der Waals surface area (Å²) in [6, 6.07) is 8.53.